The van der Waals surface area contributed by atoms with Gasteiger partial charge in [0.1, 0.15) is 0 Å². The summed E-state index contributed by atoms with van der Waals surface area (Å²) in [5, 5.41) is 9.63. The van der Waals surface area contributed by atoms with E-state index in [2.05, 4.69) is 0 Å². The van der Waals surface area contributed by atoms with E-state index in [1.54, 1.807) is 18.2 Å². The lowest BCUT2D eigenvalue weighted by atomic mass is 10.1. The van der Waals surface area contributed by atoms with Crippen LogP contribution in [0.3, 0.4) is 0 Å². The molecule has 0 radical (unpaired) electrons. The molecule has 13 heavy (non-hydrogen) atoms. The smallest absolute Gasteiger partial charge is 0.0969 e. The lowest BCUT2D eigenvalue weighted by Gasteiger charge is -2.05. The molecule has 2 nitrogen and oxygen atoms in total. The Kier molecular flexibility index (Phi) is 3.56. The van der Waals surface area contributed by atoms with Crippen LogP contribution < -0.4 is 5.73 Å². The molecule has 1 atom stereocenters. The SMILES string of the molecule is N#CC(N)Cc1ccc(Cl)cc1Cl. The summed E-state index contributed by atoms with van der Waals surface area (Å²) in [6.45, 7) is 0. The summed E-state index contributed by atoms with van der Waals surface area (Å²) < 4.78 is 0. The van der Waals surface area contributed by atoms with Crippen LogP contribution in [0.5, 0.6) is 0 Å². The summed E-state index contributed by atoms with van der Waals surface area (Å²) in [4.78, 5) is 0. The van der Waals surface area contributed by atoms with Gasteiger partial charge in [0, 0.05) is 16.5 Å². The molecule has 2 N–H and O–H groups in total. The average molecular weight is 215 g/mol. The molecule has 0 amide bonds. The van der Waals surface area contributed by atoms with Gasteiger partial charge in [-0.1, -0.05) is 29.3 Å². The first-order valence-corrected chi connectivity index (χ1v) is 4.48. The van der Waals surface area contributed by atoms with Crippen molar-refractivity contribution in [1.82, 2.24) is 0 Å². The molecule has 0 bridgehead atoms. The predicted molar refractivity (Wildman–Crippen MR) is 53.8 cm³/mol. The second-order valence-electron chi connectivity index (χ2n) is 2.68. The molecular formula is C9H8Cl2N2. The second-order valence-corrected chi connectivity index (χ2v) is 3.52. The molecule has 1 rings (SSSR count). The zero-order valence-electron chi connectivity index (χ0n) is 6.80. The molecule has 0 aliphatic rings. The standard InChI is InChI=1S/C9H8Cl2N2/c10-7-2-1-6(9(11)4-7)3-8(13)5-12/h1-2,4,8H,3,13H2. The van der Waals surface area contributed by atoms with Crippen molar-refractivity contribution in [2.75, 3.05) is 0 Å². The Morgan fingerprint density at radius 3 is 2.69 bits per heavy atom. The molecule has 0 spiro atoms. The highest BCUT2D eigenvalue weighted by Crippen LogP contribution is 2.21. The zero-order valence-corrected chi connectivity index (χ0v) is 8.31. The summed E-state index contributed by atoms with van der Waals surface area (Å²) in [6.07, 6.45) is 0.451. The molecular weight excluding hydrogens is 207 g/mol. The van der Waals surface area contributed by atoms with Gasteiger partial charge in [0.05, 0.1) is 12.1 Å². The number of hydrogen-bond donors (Lipinski definition) is 1. The van der Waals surface area contributed by atoms with E-state index in [0.717, 1.165) is 5.56 Å². The van der Waals surface area contributed by atoms with Gasteiger partial charge in [-0.3, -0.25) is 0 Å². The third-order valence-electron chi connectivity index (χ3n) is 1.62. The molecule has 1 aromatic rings. The van der Waals surface area contributed by atoms with Gasteiger partial charge in [0.2, 0.25) is 0 Å². The van der Waals surface area contributed by atoms with E-state index in [1.165, 1.54) is 0 Å². The molecule has 0 aromatic heterocycles. The number of nitriles is 1. The Morgan fingerprint density at radius 1 is 1.46 bits per heavy atom. The van der Waals surface area contributed by atoms with Gasteiger partial charge in [-0.2, -0.15) is 5.26 Å². The topological polar surface area (TPSA) is 49.8 Å². The summed E-state index contributed by atoms with van der Waals surface area (Å²) in [6, 6.07) is 6.58. The van der Waals surface area contributed by atoms with Gasteiger partial charge in [0.15, 0.2) is 0 Å². The molecule has 0 aliphatic carbocycles. The zero-order chi connectivity index (χ0) is 9.84. The van der Waals surface area contributed by atoms with Crippen LogP contribution in [0.25, 0.3) is 0 Å². The fraction of sp³-hybridized carbons (Fsp3) is 0.222. The number of benzene rings is 1. The minimum Gasteiger partial charge on any atom is -0.316 e. The molecule has 0 saturated carbocycles. The van der Waals surface area contributed by atoms with Crippen molar-refractivity contribution in [3.8, 4) is 6.07 Å². The summed E-state index contributed by atoms with van der Waals surface area (Å²) in [5.41, 5.74) is 6.31. The Labute approximate surface area is 86.9 Å². The maximum atomic E-state index is 8.50. The van der Waals surface area contributed by atoms with Crippen molar-refractivity contribution < 1.29 is 0 Å². The number of rotatable bonds is 2. The van der Waals surface area contributed by atoms with Crippen LogP contribution in [-0.4, -0.2) is 6.04 Å². The number of halogens is 2. The van der Waals surface area contributed by atoms with Crippen molar-refractivity contribution in [3.05, 3.63) is 33.8 Å². The normalized spacial score (nSPS) is 12.2. The lowest BCUT2D eigenvalue weighted by Crippen LogP contribution is -2.20. The van der Waals surface area contributed by atoms with Crippen LogP contribution in [-0.2, 0) is 6.42 Å². The van der Waals surface area contributed by atoms with Crippen LogP contribution in [0.1, 0.15) is 5.56 Å². The molecule has 1 unspecified atom stereocenters. The number of nitrogens with zero attached hydrogens (tertiary/aromatic N) is 1. The quantitative estimate of drug-likeness (QED) is 0.823. The largest absolute Gasteiger partial charge is 0.316 e. The van der Waals surface area contributed by atoms with Crippen molar-refractivity contribution in [2.45, 2.75) is 12.5 Å². The highest BCUT2D eigenvalue weighted by Gasteiger charge is 2.06. The monoisotopic (exact) mass is 214 g/mol. The molecule has 1 aromatic carbocycles. The first-order chi connectivity index (χ1) is 6.13. The van der Waals surface area contributed by atoms with Crippen LogP contribution in [0.4, 0.5) is 0 Å². The Balaban J connectivity index is 2.85. The van der Waals surface area contributed by atoms with Gasteiger partial charge in [-0.05, 0) is 17.7 Å². The summed E-state index contributed by atoms with van der Waals surface area (Å²) in [5.74, 6) is 0. The summed E-state index contributed by atoms with van der Waals surface area (Å²) >= 11 is 11.6. The molecule has 0 fully saturated rings. The fourth-order valence-electron chi connectivity index (χ4n) is 0.970. The van der Waals surface area contributed by atoms with Crippen molar-refractivity contribution in [2.24, 2.45) is 5.73 Å². The minimum atomic E-state index is -0.515. The van der Waals surface area contributed by atoms with Crippen LogP contribution >= 0.6 is 23.2 Å². The van der Waals surface area contributed by atoms with E-state index in [0.29, 0.717) is 16.5 Å². The highest BCUT2D eigenvalue weighted by atomic mass is 35.5. The van der Waals surface area contributed by atoms with Gasteiger partial charge >= 0.3 is 0 Å². The Bertz CT molecular complexity index is 344. The van der Waals surface area contributed by atoms with Crippen molar-refractivity contribution in [3.63, 3.8) is 0 Å². The third-order valence-corrected chi connectivity index (χ3v) is 2.21. The van der Waals surface area contributed by atoms with E-state index in [-0.39, 0.29) is 0 Å². The Morgan fingerprint density at radius 2 is 2.15 bits per heavy atom. The molecule has 68 valence electrons. The van der Waals surface area contributed by atoms with Crippen LogP contribution in [0.2, 0.25) is 10.0 Å². The first-order valence-electron chi connectivity index (χ1n) is 3.72. The van der Waals surface area contributed by atoms with E-state index < -0.39 is 6.04 Å². The summed E-state index contributed by atoms with van der Waals surface area (Å²) in [7, 11) is 0. The number of nitrogens with two attached hydrogens (primary N) is 1. The molecule has 0 heterocycles. The third kappa shape index (κ3) is 2.89. The van der Waals surface area contributed by atoms with Crippen LogP contribution in [0.15, 0.2) is 18.2 Å². The van der Waals surface area contributed by atoms with E-state index in [9.17, 15) is 0 Å². The van der Waals surface area contributed by atoms with Gasteiger partial charge < -0.3 is 5.73 Å². The van der Waals surface area contributed by atoms with Gasteiger partial charge in [-0.15, -0.1) is 0 Å². The van der Waals surface area contributed by atoms with E-state index >= 15 is 0 Å². The van der Waals surface area contributed by atoms with Crippen molar-refractivity contribution in [1.29, 1.82) is 5.26 Å². The number of hydrogen-bond acceptors (Lipinski definition) is 2. The van der Waals surface area contributed by atoms with Crippen molar-refractivity contribution >= 4 is 23.2 Å². The molecule has 0 saturated heterocycles. The minimum absolute atomic E-state index is 0.451. The maximum Gasteiger partial charge on any atom is 0.0969 e. The lowest BCUT2D eigenvalue weighted by molar-refractivity contribution is 0.823. The van der Waals surface area contributed by atoms with E-state index in [4.69, 9.17) is 34.2 Å². The fourth-order valence-corrected chi connectivity index (χ4v) is 1.46. The maximum absolute atomic E-state index is 8.50. The molecule has 4 heteroatoms. The van der Waals surface area contributed by atoms with E-state index in [1.807, 2.05) is 6.07 Å². The van der Waals surface area contributed by atoms with Gasteiger partial charge in [-0.25, -0.2) is 0 Å². The second kappa shape index (κ2) is 4.48. The predicted octanol–water partition coefficient (Wildman–Crippen LogP) is 2.39. The van der Waals surface area contributed by atoms with Gasteiger partial charge in [0.25, 0.3) is 0 Å². The first kappa shape index (κ1) is 10.3. The molecule has 0 aliphatic heterocycles. The Hall–Kier alpha value is -0.750. The van der Waals surface area contributed by atoms with Crippen LogP contribution in [0, 0.1) is 11.3 Å². The average Bonchev–Trinajstić information content (AvgIpc) is 2.09. The highest BCUT2D eigenvalue weighted by molar-refractivity contribution is 6.35.